The molecule has 0 bridgehead atoms. The highest BCUT2D eigenvalue weighted by Gasteiger charge is 2.41. The molecule has 1 saturated heterocycles. The average Bonchev–Trinajstić information content (AvgIpc) is 3.06. The van der Waals surface area contributed by atoms with E-state index in [0.717, 1.165) is 23.9 Å². The van der Waals surface area contributed by atoms with Crippen LogP contribution in [0.4, 0.5) is 5.69 Å². The summed E-state index contributed by atoms with van der Waals surface area (Å²) < 4.78 is 5.75. The zero-order valence-electron chi connectivity index (χ0n) is 11.6. The molecule has 2 fully saturated rings. The molecule has 1 aliphatic heterocycles. The van der Waals surface area contributed by atoms with Crippen molar-refractivity contribution >= 4 is 22.5 Å². The summed E-state index contributed by atoms with van der Waals surface area (Å²) in [4.78, 5) is 12.5. The highest BCUT2D eigenvalue weighted by Crippen LogP contribution is 2.38. The lowest BCUT2D eigenvalue weighted by Gasteiger charge is -2.18. The van der Waals surface area contributed by atoms with Gasteiger partial charge in [-0.15, -0.1) is 0 Å². The molecule has 0 radical (unpaired) electrons. The topological polar surface area (TPSA) is 93.0 Å². The summed E-state index contributed by atoms with van der Waals surface area (Å²) in [6.45, 7) is 0.723. The van der Waals surface area contributed by atoms with Crippen LogP contribution in [0.25, 0.3) is 10.9 Å². The van der Waals surface area contributed by atoms with E-state index >= 15 is 0 Å². The number of nitrogen functional groups attached to an aromatic ring is 1. The number of rotatable bonds is 3. The first-order chi connectivity index (χ1) is 10.2. The molecule has 1 aromatic heterocycles. The van der Waals surface area contributed by atoms with Gasteiger partial charge in [-0.2, -0.15) is 5.10 Å². The van der Waals surface area contributed by atoms with E-state index in [4.69, 9.17) is 10.5 Å². The van der Waals surface area contributed by atoms with Crippen molar-refractivity contribution in [2.24, 2.45) is 5.92 Å². The number of ether oxygens (including phenoxy) is 1. The van der Waals surface area contributed by atoms with Crippen molar-refractivity contribution in [2.45, 2.75) is 31.4 Å². The fourth-order valence-corrected chi connectivity index (χ4v) is 3.10. The number of fused-ring (bicyclic) bond motifs is 1. The van der Waals surface area contributed by atoms with Crippen LogP contribution in [0.3, 0.4) is 0 Å². The smallest absolute Gasteiger partial charge is 0.272 e. The highest BCUT2D eigenvalue weighted by atomic mass is 16.5. The van der Waals surface area contributed by atoms with Crippen molar-refractivity contribution in [2.75, 3.05) is 12.3 Å². The molecule has 110 valence electrons. The molecule has 2 heterocycles. The number of anilines is 1. The van der Waals surface area contributed by atoms with Crippen molar-refractivity contribution < 1.29 is 9.53 Å². The Kier molecular flexibility index (Phi) is 2.85. The average molecular weight is 286 g/mol. The van der Waals surface area contributed by atoms with Crippen molar-refractivity contribution in [1.82, 2.24) is 15.5 Å². The van der Waals surface area contributed by atoms with Crippen LogP contribution in [0, 0.1) is 5.92 Å². The largest absolute Gasteiger partial charge is 0.399 e. The summed E-state index contributed by atoms with van der Waals surface area (Å²) in [5, 5.41) is 10.8. The molecular formula is C15H18N4O2. The Balaban J connectivity index is 1.57. The predicted octanol–water partition coefficient (Wildman–Crippen LogP) is 1.44. The molecule has 1 aliphatic carbocycles. The Morgan fingerprint density at radius 2 is 2.24 bits per heavy atom. The number of hydrogen-bond acceptors (Lipinski definition) is 4. The third-order valence-electron chi connectivity index (χ3n) is 4.34. The molecule has 1 saturated carbocycles. The van der Waals surface area contributed by atoms with Gasteiger partial charge in [-0.05, 0) is 43.4 Å². The summed E-state index contributed by atoms with van der Waals surface area (Å²) in [5.74, 6) is 0.456. The van der Waals surface area contributed by atoms with Gasteiger partial charge >= 0.3 is 0 Å². The first-order valence-corrected chi connectivity index (χ1v) is 7.38. The van der Waals surface area contributed by atoms with E-state index in [1.54, 1.807) is 12.1 Å². The van der Waals surface area contributed by atoms with E-state index in [1.807, 2.05) is 6.07 Å². The number of nitrogens with zero attached hydrogens (tertiary/aromatic N) is 1. The van der Waals surface area contributed by atoms with Gasteiger partial charge in [-0.25, -0.2) is 0 Å². The second-order valence-electron chi connectivity index (χ2n) is 5.92. The predicted molar refractivity (Wildman–Crippen MR) is 78.8 cm³/mol. The van der Waals surface area contributed by atoms with Gasteiger partial charge in [-0.1, -0.05) is 0 Å². The third-order valence-corrected chi connectivity index (χ3v) is 4.34. The first-order valence-electron chi connectivity index (χ1n) is 7.38. The summed E-state index contributed by atoms with van der Waals surface area (Å²) >= 11 is 0. The van der Waals surface area contributed by atoms with E-state index in [1.165, 1.54) is 12.8 Å². The van der Waals surface area contributed by atoms with Crippen LogP contribution >= 0.6 is 0 Å². The molecule has 2 aliphatic rings. The Labute approximate surface area is 122 Å². The summed E-state index contributed by atoms with van der Waals surface area (Å²) in [6.07, 6.45) is 3.46. The maximum atomic E-state index is 12.5. The van der Waals surface area contributed by atoms with Crippen LogP contribution in [0.2, 0.25) is 0 Å². The normalized spacial score (nSPS) is 25.3. The Bertz CT molecular complexity index is 692. The van der Waals surface area contributed by atoms with Gasteiger partial charge in [0, 0.05) is 17.7 Å². The number of H-pyrrole nitrogens is 1. The number of amides is 1. The van der Waals surface area contributed by atoms with Gasteiger partial charge in [0.2, 0.25) is 0 Å². The van der Waals surface area contributed by atoms with Gasteiger partial charge in [-0.3, -0.25) is 9.89 Å². The van der Waals surface area contributed by atoms with E-state index in [9.17, 15) is 4.79 Å². The number of hydrogen-bond donors (Lipinski definition) is 3. The van der Waals surface area contributed by atoms with E-state index in [0.29, 0.717) is 17.3 Å². The minimum Gasteiger partial charge on any atom is -0.399 e. The summed E-state index contributed by atoms with van der Waals surface area (Å²) in [7, 11) is 0. The van der Waals surface area contributed by atoms with Crippen LogP contribution in [-0.2, 0) is 4.74 Å². The molecule has 21 heavy (non-hydrogen) atoms. The second-order valence-corrected chi connectivity index (χ2v) is 5.92. The van der Waals surface area contributed by atoms with Gasteiger partial charge in [0.25, 0.3) is 5.91 Å². The van der Waals surface area contributed by atoms with Gasteiger partial charge in [0.15, 0.2) is 5.69 Å². The van der Waals surface area contributed by atoms with Gasteiger partial charge < -0.3 is 15.8 Å². The summed E-state index contributed by atoms with van der Waals surface area (Å²) in [6, 6.07) is 5.49. The molecule has 6 heteroatoms. The molecular weight excluding hydrogens is 268 g/mol. The molecule has 6 nitrogen and oxygen atoms in total. The SMILES string of the molecule is Nc1ccc2[nH]nc(C(=O)NC3CCOC3C3CC3)c2c1. The molecule has 1 amide bonds. The van der Waals surface area contributed by atoms with E-state index < -0.39 is 0 Å². The van der Waals surface area contributed by atoms with Crippen molar-refractivity contribution in [3.05, 3.63) is 23.9 Å². The highest BCUT2D eigenvalue weighted by molar-refractivity contribution is 6.05. The molecule has 2 unspecified atom stereocenters. The molecule has 4 rings (SSSR count). The minimum atomic E-state index is -0.159. The van der Waals surface area contributed by atoms with Crippen molar-refractivity contribution in [3.63, 3.8) is 0 Å². The number of nitrogens with two attached hydrogens (primary N) is 1. The van der Waals surface area contributed by atoms with E-state index in [-0.39, 0.29) is 18.1 Å². The number of carbonyl (C=O) groups is 1. The fraction of sp³-hybridized carbons (Fsp3) is 0.467. The number of aromatic nitrogens is 2. The van der Waals surface area contributed by atoms with Crippen LogP contribution in [0.15, 0.2) is 18.2 Å². The zero-order valence-corrected chi connectivity index (χ0v) is 11.6. The quantitative estimate of drug-likeness (QED) is 0.744. The lowest BCUT2D eigenvalue weighted by molar-refractivity contribution is 0.0728. The van der Waals surface area contributed by atoms with Crippen LogP contribution in [-0.4, -0.2) is 34.9 Å². The van der Waals surface area contributed by atoms with Crippen LogP contribution in [0.1, 0.15) is 29.8 Å². The Hall–Kier alpha value is -2.08. The Morgan fingerprint density at radius 1 is 1.38 bits per heavy atom. The lowest BCUT2D eigenvalue weighted by Crippen LogP contribution is -2.41. The van der Waals surface area contributed by atoms with E-state index in [2.05, 4.69) is 15.5 Å². The number of carbonyl (C=O) groups excluding carboxylic acids is 1. The number of aromatic amines is 1. The van der Waals surface area contributed by atoms with Crippen LogP contribution in [0.5, 0.6) is 0 Å². The first kappa shape index (κ1) is 12.6. The monoisotopic (exact) mass is 286 g/mol. The molecule has 1 aromatic carbocycles. The fourth-order valence-electron chi connectivity index (χ4n) is 3.10. The molecule has 2 atom stereocenters. The third kappa shape index (κ3) is 2.25. The maximum Gasteiger partial charge on any atom is 0.272 e. The lowest BCUT2D eigenvalue weighted by atomic mass is 10.1. The van der Waals surface area contributed by atoms with Gasteiger partial charge in [0.1, 0.15) is 0 Å². The molecule has 2 aromatic rings. The minimum absolute atomic E-state index is 0.0952. The summed E-state index contributed by atoms with van der Waals surface area (Å²) in [5.41, 5.74) is 7.63. The van der Waals surface area contributed by atoms with Crippen molar-refractivity contribution in [3.8, 4) is 0 Å². The molecule has 4 N–H and O–H groups in total. The van der Waals surface area contributed by atoms with Crippen LogP contribution < -0.4 is 11.1 Å². The zero-order chi connectivity index (χ0) is 14.4. The number of nitrogens with one attached hydrogen (secondary N) is 2. The van der Waals surface area contributed by atoms with Gasteiger partial charge in [0.05, 0.1) is 17.7 Å². The Morgan fingerprint density at radius 3 is 3.05 bits per heavy atom. The number of benzene rings is 1. The van der Waals surface area contributed by atoms with Crippen molar-refractivity contribution in [1.29, 1.82) is 0 Å². The molecule has 0 spiro atoms. The standard InChI is InChI=1S/C15H18N4O2/c16-9-3-4-11-10(7-9)13(19-18-11)15(20)17-12-5-6-21-14(12)8-1-2-8/h3-4,7-8,12,14H,1-2,5-6,16H2,(H,17,20)(H,18,19). The maximum absolute atomic E-state index is 12.5. The second kappa shape index (κ2) is 4.73.